The average Bonchev–Trinajstić information content (AvgIpc) is 3.75. The fraction of sp³-hybridized carbons (Fsp3) is 0.559. The third-order valence-corrected chi connectivity index (χ3v) is 9.36. The summed E-state index contributed by atoms with van der Waals surface area (Å²) in [6.07, 6.45) is 12.5. The van der Waals surface area contributed by atoms with Crippen LogP contribution in [0, 0.1) is 17.8 Å². The minimum atomic E-state index is -0.471. The first kappa shape index (κ1) is 30.6. The summed E-state index contributed by atoms with van der Waals surface area (Å²) < 4.78 is 11.9. The van der Waals surface area contributed by atoms with E-state index in [1.165, 1.54) is 38.5 Å². The van der Waals surface area contributed by atoms with Crippen LogP contribution in [-0.4, -0.2) is 49.2 Å². The second-order valence-corrected chi connectivity index (χ2v) is 12.8. The predicted molar refractivity (Wildman–Crippen MR) is 173 cm³/mol. The van der Waals surface area contributed by atoms with E-state index < -0.39 is 6.10 Å². The Kier molecular flexibility index (Phi) is 10.6. The molecule has 228 valence electrons. The molecule has 0 aromatic heterocycles. The molecule has 4 N–H and O–H groups in total. The number of fused-ring (bicyclic) bond motifs is 1. The van der Waals surface area contributed by atoms with Crippen LogP contribution in [0.2, 0.25) is 0 Å². The van der Waals surface area contributed by atoms with Crippen LogP contribution < -0.4 is 25.4 Å². The van der Waals surface area contributed by atoms with Gasteiger partial charge in [-0.25, -0.2) is 0 Å². The Bertz CT molecular complexity index is 1220. The summed E-state index contributed by atoms with van der Waals surface area (Å²) in [6.45, 7) is 5.03. The summed E-state index contributed by atoms with van der Waals surface area (Å²) in [5.41, 5.74) is 2.80. The molecule has 7 nitrogen and oxygen atoms in total. The SMILES string of the molecule is COc1cc(OCCCC2CCC3CC3CC2)ccc1N[C@@H]1C/N=C\C(Cl)/C=C(\Nc2ccccc2C(C)C(C)O)N1. The lowest BCUT2D eigenvalue weighted by atomic mass is 9.94. The molecule has 0 bridgehead atoms. The van der Waals surface area contributed by atoms with Gasteiger partial charge in [0, 0.05) is 23.9 Å². The molecule has 5 unspecified atom stereocenters. The van der Waals surface area contributed by atoms with E-state index in [2.05, 4.69) is 20.9 Å². The number of hydrogen-bond donors (Lipinski definition) is 4. The van der Waals surface area contributed by atoms with Crippen LogP contribution in [0.5, 0.6) is 11.5 Å². The molecule has 5 rings (SSSR count). The summed E-state index contributed by atoms with van der Waals surface area (Å²) >= 11 is 6.49. The topological polar surface area (TPSA) is 87.1 Å². The molecule has 2 aliphatic carbocycles. The zero-order valence-electron chi connectivity index (χ0n) is 25.2. The average molecular weight is 595 g/mol. The molecule has 8 heteroatoms. The van der Waals surface area contributed by atoms with Crippen molar-refractivity contribution in [1.82, 2.24) is 5.32 Å². The molecule has 0 saturated heterocycles. The largest absolute Gasteiger partial charge is 0.494 e. The van der Waals surface area contributed by atoms with Gasteiger partial charge >= 0.3 is 0 Å². The molecule has 1 heterocycles. The molecule has 2 aromatic carbocycles. The standard InChI is InChI=1S/C34H47ClN4O3/c1-22(23(2)40)29-8-4-5-9-30(29)37-33-18-27(35)20-36-21-34(39-33)38-31-15-14-28(19-32(31)41-3)42-16-6-7-24-10-12-25-17-26(25)13-11-24/h4-5,8-9,14-15,18-20,22-27,34,37-40H,6-7,10-13,16-17,21H2,1-3H3/b33-18+,36-20-/t22?,23?,24?,25?,26?,27?,34-/m0/s1. The van der Waals surface area contributed by atoms with E-state index in [0.29, 0.717) is 12.3 Å². The minimum absolute atomic E-state index is 0.0302. The van der Waals surface area contributed by atoms with Crippen LogP contribution in [0.3, 0.4) is 0 Å². The molecule has 0 spiro atoms. The molecular formula is C34H47ClN4O3. The van der Waals surface area contributed by atoms with Crippen LogP contribution in [-0.2, 0) is 0 Å². The Labute approximate surface area is 256 Å². The molecule has 2 saturated carbocycles. The number of halogens is 1. The number of hydrogen-bond acceptors (Lipinski definition) is 7. The number of aliphatic imine (C=N–C) groups is 1. The molecule has 0 radical (unpaired) electrons. The smallest absolute Gasteiger partial charge is 0.145 e. The van der Waals surface area contributed by atoms with Gasteiger partial charge in [0.05, 0.1) is 37.4 Å². The van der Waals surface area contributed by atoms with Crippen LogP contribution >= 0.6 is 11.6 Å². The third-order valence-electron chi connectivity index (χ3n) is 9.12. The van der Waals surface area contributed by atoms with Gasteiger partial charge in [0.1, 0.15) is 23.5 Å². The molecule has 2 fully saturated rings. The van der Waals surface area contributed by atoms with Crippen molar-refractivity contribution in [1.29, 1.82) is 0 Å². The van der Waals surface area contributed by atoms with Gasteiger partial charge in [0.15, 0.2) is 0 Å². The summed E-state index contributed by atoms with van der Waals surface area (Å²) in [5.74, 6) is 5.23. The van der Waals surface area contributed by atoms with E-state index in [1.54, 1.807) is 13.3 Å². The quantitative estimate of drug-likeness (QED) is 0.154. The van der Waals surface area contributed by atoms with Crippen molar-refractivity contribution in [3.05, 3.63) is 59.9 Å². The zero-order chi connectivity index (χ0) is 29.5. The maximum Gasteiger partial charge on any atom is 0.145 e. The highest BCUT2D eigenvalue weighted by atomic mass is 35.5. The molecule has 2 aromatic rings. The monoisotopic (exact) mass is 594 g/mol. The maximum atomic E-state index is 10.2. The normalized spacial score (nSPS) is 28.7. The second kappa shape index (κ2) is 14.5. The van der Waals surface area contributed by atoms with Crippen molar-refractivity contribution < 1.29 is 14.6 Å². The Hall–Kier alpha value is -2.90. The van der Waals surface area contributed by atoms with E-state index in [-0.39, 0.29) is 17.5 Å². The van der Waals surface area contributed by atoms with Crippen LogP contribution in [0.1, 0.15) is 70.3 Å². The van der Waals surface area contributed by atoms with Gasteiger partial charge in [-0.15, -0.1) is 11.6 Å². The van der Waals surface area contributed by atoms with E-state index in [4.69, 9.17) is 21.1 Å². The van der Waals surface area contributed by atoms with E-state index >= 15 is 0 Å². The lowest BCUT2D eigenvalue weighted by Crippen LogP contribution is -2.41. The minimum Gasteiger partial charge on any atom is -0.494 e. The van der Waals surface area contributed by atoms with Crippen LogP contribution in [0.25, 0.3) is 0 Å². The number of allylic oxidation sites excluding steroid dienone is 1. The summed E-state index contributed by atoms with van der Waals surface area (Å²) in [6, 6.07) is 13.9. The first-order valence-corrected chi connectivity index (χ1v) is 16.1. The number of methoxy groups -OCH3 is 1. The molecule has 1 aliphatic heterocycles. The number of aliphatic hydroxyl groups is 1. The lowest BCUT2D eigenvalue weighted by molar-refractivity contribution is 0.169. The van der Waals surface area contributed by atoms with Crippen molar-refractivity contribution in [2.45, 2.75) is 82.4 Å². The third kappa shape index (κ3) is 8.35. The molecule has 0 amide bonds. The van der Waals surface area contributed by atoms with Crippen LogP contribution in [0.15, 0.2) is 59.4 Å². The second-order valence-electron chi connectivity index (χ2n) is 12.3. The van der Waals surface area contributed by atoms with Crippen LogP contribution in [0.4, 0.5) is 11.4 Å². The predicted octanol–water partition coefficient (Wildman–Crippen LogP) is 7.14. The number of nitrogens with one attached hydrogen (secondary N) is 3. The molecular weight excluding hydrogens is 548 g/mol. The Morgan fingerprint density at radius 1 is 1.07 bits per heavy atom. The number of rotatable bonds is 12. The van der Waals surface area contributed by atoms with E-state index in [1.807, 2.05) is 62.4 Å². The number of aliphatic hydroxyl groups excluding tert-OH is 1. The van der Waals surface area contributed by atoms with Gasteiger partial charge in [-0.1, -0.05) is 38.0 Å². The highest BCUT2D eigenvalue weighted by molar-refractivity contribution is 6.29. The Morgan fingerprint density at radius 3 is 2.62 bits per heavy atom. The first-order valence-electron chi connectivity index (χ1n) is 15.6. The summed E-state index contributed by atoms with van der Waals surface area (Å²) in [5, 5.41) is 20.4. The lowest BCUT2D eigenvalue weighted by Gasteiger charge is -2.27. The number of ether oxygens (including phenoxy) is 2. The number of nitrogens with zero attached hydrogens (tertiary/aromatic N) is 1. The maximum absolute atomic E-state index is 10.2. The molecule has 6 atom stereocenters. The van der Waals surface area contributed by atoms with Crippen molar-refractivity contribution >= 4 is 29.2 Å². The van der Waals surface area contributed by atoms with Crippen molar-refractivity contribution in [2.24, 2.45) is 22.7 Å². The summed E-state index contributed by atoms with van der Waals surface area (Å²) in [7, 11) is 1.68. The van der Waals surface area contributed by atoms with Gasteiger partial charge in [0.25, 0.3) is 0 Å². The molecule has 3 aliphatic rings. The van der Waals surface area contributed by atoms with Gasteiger partial charge < -0.3 is 30.5 Å². The van der Waals surface area contributed by atoms with Crippen molar-refractivity contribution in [3.8, 4) is 11.5 Å². The summed E-state index contributed by atoms with van der Waals surface area (Å²) in [4.78, 5) is 4.52. The van der Waals surface area contributed by atoms with E-state index in [0.717, 1.165) is 59.3 Å². The van der Waals surface area contributed by atoms with Crippen molar-refractivity contribution in [2.75, 3.05) is 30.9 Å². The number of anilines is 2. The first-order chi connectivity index (χ1) is 20.4. The number of alkyl halides is 1. The van der Waals surface area contributed by atoms with Gasteiger partial charge in [-0.2, -0.15) is 0 Å². The highest BCUT2D eigenvalue weighted by Gasteiger charge is 2.38. The highest BCUT2D eigenvalue weighted by Crippen LogP contribution is 2.49. The molecule has 42 heavy (non-hydrogen) atoms. The fourth-order valence-electron chi connectivity index (χ4n) is 6.30. The fourth-order valence-corrected chi connectivity index (χ4v) is 6.51. The Balaban J connectivity index is 1.18. The number of benzene rings is 2. The van der Waals surface area contributed by atoms with Crippen molar-refractivity contribution in [3.63, 3.8) is 0 Å². The Morgan fingerprint density at radius 2 is 1.86 bits per heavy atom. The zero-order valence-corrected chi connectivity index (χ0v) is 25.9. The van der Waals surface area contributed by atoms with E-state index in [9.17, 15) is 5.11 Å². The van der Waals surface area contributed by atoms with Gasteiger partial charge in [-0.05, 0) is 86.6 Å². The number of para-hydroxylation sites is 1. The van der Waals surface area contributed by atoms with Gasteiger partial charge in [-0.3, -0.25) is 4.99 Å². The van der Waals surface area contributed by atoms with Gasteiger partial charge in [0.2, 0.25) is 0 Å².